The first-order valence-corrected chi connectivity index (χ1v) is 9.02. The van der Waals surface area contributed by atoms with Crippen molar-refractivity contribution in [3.8, 4) is 5.75 Å². The molecule has 0 atom stereocenters. The zero-order valence-corrected chi connectivity index (χ0v) is 14.3. The molecule has 9 heteroatoms. The second kappa shape index (κ2) is 6.79. The van der Waals surface area contributed by atoms with Crippen LogP contribution in [-0.4, -0.2) is 20.5 Å². The summed E-state index contributed by atoms with van der Waals surface area (Å²) in [7, 11) is -2.60. The fraction of sp³-hybridized carbons (Fsp3) is 0.250. The normalized spacial score (nSPS) is 13.5. The van der Waals surface area contributed by atoms with Crippen molar-refractivity contribution >= 4 is 15.7 Å². The molecule has 1 heterocycles. The van der Waals surface area contributed by atoms with Crippen LogP contribution in [0.2, 0.25) is 0 Å². The molecule has 1 aliphatic rings. The van der Waals surface area contributed by atoms with Crippen LogP contribution in [0.1, 0.15) is 16.7 Å². The number of fused-ring (bicyclic) bond motifs is 1. The second-order valence-corrected chi connectivity index (χ2v) is 7.36. The quantitative estimate of drug-likeness (QED) is 0.597. The third kappa shape index (κ3) is 3.63. The van der Waals surface area contributed by atoms with Gasteiger partial charge in [-0.3, -0.25) is 10.1 Å². The lowest BCUT2D eigenvalue weighted by molar-refractivity contribution is -0.385. The van der Waals surface area contributed by atoms with Crippen LogP contribution in [0, 0.1) is 10.1 Å². The lowest BCUT2D eigenvalue weighted by atomic mass is 10.1. The number of methoxy groups -OCH3 is 1. The molecule has 0 amide bonds. The number of non-ortho nitro benzene ring substituents is 1. The van der Waals surface area contributed by atoms with E-state index in [1.807, 2.05) is 18.2 Å². The number of nitrogens with zero attached hydrogens (tertiary/aromatic N) is 1. The Labute approximate surface area is 145 Å². The van der Waals surface area contributed by atoms with Crippen molar-refractivity contribution in [3.63, 3.8) is 0 Å². The average Bonchev–Trinajstić information content (AvgIpc) is 3.07. The van der Waals surface area contributed by atoms with Gasteiger partial charge in [-0.25, -0.2) is 13.1 Å². The number of nitro benzene ring substituents is 1. The van der Waals surface area contributed by atoms with Crippen LogP contribution in [0.25, 0.3) is 0 Å². The topological polar surface area (TPSA) is 111 Å². The van der Waals surface area contributed by atoms with Crippen molar-refractivity contribution < 1.29 is 18.1 Å². The summed E-state index contributed by atoms with van der Waals surface area (Å²) in [5, 5.41) is 14.0. The molecular weight excluding hydrogens is 346 g/mol. The van der Waals surface area contributed by atoms with Gasteiger partial charge in [-0.15, -0.1) is 0 Å². The zero-order valence-electron chi connectivity index (χ0n) is 13.5. The summed E-state index contributed by atoms with van der Waals surface area (Å²) in [4.78, 5) is 10.1. The number of hydrogen-bond donors (Lipinski definition) is 2. The third-order valence-electron chi connectivity index (χ3n) is 4.02. The molecule has 3 rings (SSSR count). The first-order chi connectivity index (χ1) is 11.9. The van der Waals surface area contributed by atoms with Crippen molar-refractivity contribution in [1.29, 1.82) is 0 Å². The standard InChI is InChI=1S/C16H17N3O5S/c1-24-15-7-14(19(20)21)4-5-16(15)25(22,23)18-8-11-2-3-12-9-17-10-13(12)6-11/h2-7,17-18H,8-10H2,1H3. The van der Waals surface area contributed by atoms with Gasteiger partial charge in [0.15, 0.2) is 0 Å². The van der Waals surface area contributed by atoms with Gasteiger partial charge in [0.1, 0.15) is 10.6 Å². The van der Waals surface area contributed by atoms with E-state index in [0.717, 1.165) is 36.3 Å². The first-order valence-electron chi connectivity index (χ1n) is 7.54. The van der Waals surface area contributed by atoms with Gasteiger partial charge >= 0.3 is 0 Å². The van der Waals surface area contributed by atoms with Crippen molar-refractivity contribution in [2.45, 2.75) is 24.5 Å². The van der Waals surface area contributed by atoms with E-state index in [9.17, 15) is 18.5 Å². The summed E-state index contributed by atoms with van der Waals surface area (Å²) in [6.45, 7) is 1.71. The highest BCUT2D eigenvalue weighted by atomic mass is 32.2. The minimum absolute atomic E-state index is 0.0696. The van der Waals surface area contributed by atoms with Crippen molar-refractivity contribution in [3.05, 3.63) is 63.2 Å². The number of ether oxygens (including phenoxy) is 1. The summed E-state index contributed by atoms with van der Waals surface area (Å²) < 4.78 is 32.6. The molecular formula is C16H17N3O5S. The van der Waals surface area contributed by atoms with E-state index in [1.54, 1.807) is 0 Å². The minimum Gasteiger partial charge on any atom is -0.495 e. The zero-order chi connectivity index (χ0) is 18.0. The summed E-state index contributed by atoms with van der Waals surface area (Å²) in [5.74, 6) is -0.0696. The van der Waals surface area contributed by atoms with Gasteiger partial charge in [-0.05, 0) is 22.8 Å². The smallest absolute Gasteiger partial charge is 0.273 e. The molecule has 0 unspecified atom stereocenters. The van der Waals surface area contributed by atoms with Crippen molar-refractivity contribution in [2.75, 3.05) is 7.11 Å². The third-order valence-corrected chi connectivity index (χ3v) is 5.46. The van der Waals surface area contributed by atoms with Gasteiger partial charge in [0, 0.05) is 25.7 Å². The van der Waals surface area contributed by atoms with Gasteiger partial charge in [0.25, 0.3) is 5.69 Å². The maximum Gasteiger partial charge on any atom is 0.273 e. The number of nitro groups is 1. The molecule has 0 saturated heterocycles. The summed E-state index contributed by atoms with van der Waals surface area (Å²) >= 11 is 0. The number of nitrogens with one attached hydrogen (secondary N) is 2. The van der Waals surface area contributed by atoms with Gasteiger partial charge in [-0.1, -0.05) is 18.2 Å². The Bertz CT molecular complexity index is 927. The number of hydrogen-bond acceptors (Lipinski definition) is 6. The molecule has 8 nitrogen and oxygen atoms in total. The Morgan fingerprint density at radius 2 is 1.96 bits per heavy atom. The predicted molar refractivity (Wildman–Crippen MR) is 90.7 cm³/mol. The summed E-state index contributed by atoms with van der Waals surface area (Å²) in [6.07, 6.45) is 0. The minimum atomic E-state index is -3.87. The van der Waals surface area contributed by atoms with Crippen LogP contribution in [0.5, 0.6) is 5.75 Å². The van der Waals surface area contributed by atoms with Gasteiger partial charge in [0.05, 0.1) is 18.1 Å². The molecule has 2 aromatic rings. The van der Waals surface area contributed by atoms with Crippen LogP contribution in [0.4, 0.5) is 5.69 Å². The largest absolute Gasteiger partial charge is 0.495 e. The highest BCUT2D eigenvalue weighted by molar-refractivity contribution is 7.89. The Morgan fingerprint density at radius 1 is 1.20 bits per heavy atom. The molecule has 0 saturated carbocycles. The molecule has 2 N–H and O–H groups in total. The van der Waals surface area contributed by atoms with E-state index in [1.165, 1.54) is 18.7 Å². The van der Waals surface area contributed by atoms with Crippen LogP contribution in [0.3, 0.4) is 0 Å². The molecule has 0 aliphatic carbocycles. The Balaban J connectivity index is 1.81. The number of sulfonamides is 1. The van der Waals surface area contributed by atoms with Gasteiger partial charge in [-0.2, -0.15) is 0 Å². The van der Waals surface area contributed by atoms with E-state index in [0.29, 0.717) is 0 Å². The fourth-order valence-corrected chi connectivity index (χ4v) is 3.87. The summed E-state index contributed by atoms with van der Waals surface area (Å²) in [6, 6.07) is 9.22. The van der Waals surface area contributed by atoms with E-state index in [-0.39, 0.29) is 22.9 Å². The van der Waals surface area contributed by atoms with E-state index in [2.05, 4.69) is 10.0 Å². The first kappa shape index (κ1) is 17.3. The van der Waals surface area contributed by atoms with Crippen LogP contribution in [0.15, 0.2) is 41.3 Å². The van der Waals surface area contributed by atoms with Crippen molar-refractivity contribution in [1.82, 2.24) is 10.0 Å². The van der Waals surface area contributed by atoms with Crippen LogP contribution < -0.4 is 14.8 Å². The Hall–Kier alpha value is -2.49. The van der Waals surface area contributed by atoms with E-state index in [4.69, 9.17) is 4.74 Å². The monoisotopic (exact) mass is 363 g/mol. The van der Waals surface area contributed by atoms with E-state index >= 15 is 0 Å². The lowest BCUT2D eigenvalue weighted by Crippen LogP contribution is -2.24. The highest BCUT2D eigenvalue weighted by Crippen LogP contribution is 2.28. The molecule has 0 radical (unpaired) electrons. The molecule has 0 aromatic heterocycles. The average molecular weight is 363 g/mol. The number of rotatable bonds is 6. The van der Waals surface area contributed by atoms with Crippen LogP contribution in [-0.2, 0) is 29.7 Å². The molecule has 2 aromatic carbocycles. The predicted octanol–water partition coefficient (Wildman–Crippen LogP) is 1.69. The number of benzene rings is 2. The lowest BCUT2D eigenvalue weighted by Gasteiger charge is -2.11. The maximum atomic E-state index is 12.5. The van der Waals surface area contributed by atoms with E-state index < -0.39 is 14.9 Å². The molecule has 0 spiro atoms. The molecule has 1 aliphatic heterocycles. The SMILES string of the molecule is COc1cc([N+](=O)[O-])ccc1S(=O)(=O)NCc1ccc2c(c1)CNC2. The summed E-state index contributed by atoms with van der Waals surface area (Å²) in [5.41, 5.74) is 2.97. The molecule has 0 bridgehead atoms. The fourth-order valence-electron chi connectivity index (χ4n) is 2.71. The maximum absolute atomic E-state index is 12.5. The molecule has 0 fully saturated rings. The van der Waals surface area contributed by atoms with Crippen molar-refractivity contribution in [2.24, 2.45) is 0 Å². The Kier molecular flexibility index (Phi) is 4.71. The molecule has 132 valence electrons. The van der Waals surface area contributed by atoms with Gasteiger partial charge < -0.3 is 10.1 Å². The molecule has 25 heavy (non-hydrogen) atoms. The Morgan fingerprint density at radius 3 is 2.68 bits per heavy atom. The second-order valence-electron chi connectivity index (χ2n) is 5.62. The van der Waals surface area contributed by atoms with Gasteiger partial charge in [0.2, 0.25) is 10.0 Å². The van der Waals surface area contributed by atoms with Crippen LogP contribution >= 0.6 is 0 Å². The highest BCUT2D eigenvalue weighted by Gasteiger charge is 2.22.